The predicted molar refractivity (Wildman–Crippen MR) is 80.6 cm³/mol. The fraction of sp³-hybridized carbons (Fsp3) is 0.571. The Hall–Kier alpha value is -1.10. The van der Waals surface area contributed by atoms with Crippen molar-refractivity contribution in [3.63, 3.8) is 0 Å². The van der Waals surface area contributed by atoms with Gasteiger partial charge in [-0.15, -0.1) is 0 Å². The fourth-order valence-corrected chi connectivity index (χ4v) is 3.21. The summed E-state index contributed by atoms with van der Waals surface area (Å²) < 4.78 is 0.757. The van der Waals surface area contributed by atoms with Gasteiger partial charge in [0.2, 0.25) is 0 Å². The summed E-state index contributed by atoms with van der Waals surface area (Å²) in [5, 5.41) is 14.4. The highest BCUT2D eigenvalue weighted by Gasteiger charge is 2.34. The molecular formula is C14H19BrN2O2. The van der Waals surface area contributed by atoms with Crippen LogP contribution in [0.2, 0.25) is 0 Å². The van der Waals surface area contributed by atoms with Crippen LogP contribution in [0.25, 0.3) is 0 Å². The van der Waals surface area contributed by atoms with Gasteiger partial charge >= 0.3 is 0 Å². The number of anilines is 1. The van der Waals surface area contributed by atoms with Crippen molar-refractivity contribution in [1.29, 1.82) is 0 Å². The molecule has 1 N–H and O–H groups in total. The summed E-state index contributed by atoms with van der Waals surface area (Å²) in [7, 11) is 0. The third-order valence-electron chi connectivity index (χ3n) is 4.07. The van der Waals surface area contributed by atoms with E-state index >= 15 is 0 Å². The van der Waals surface area contributed by atoms with Gasteiger partial charge in [-0.25, -0.2) is 0 Å². The van der Waals surface area contributed by atoms with Gasteiger partial charge in [0.1, 0.15) is 0 Å². The van der Waals surface area contributed by atoms with Gasteiger partial charge in [-0.05, 0) is 47.2 Å². The van der Waals surface area contributed by atoms with Gasteiger partial charge in [-0.3, -0.25) is 10.1 Å². The van der Waals surface area contributed by atoms with Crippen LogP contribution in [0.4, 0.5) is 11.4 Å². The molecule has 1 saturated carbocycles. The van der Waals surface area contributed by atoms with Gasteiger partial charge in [0.15, 0.2) is 0 Å². The summed E-state index contributed by atoms with van der Waals surface area (Å²) in [6.45, 7) is 6.31. The highest BCUT2D eigenvalue weighted by Crippen LogP contribution is 2.40. The zero-order chi connectivity index (χ0) is 14.2. The van der Waals surface area contributed by atoms with E-state index in [-0.39, 0.29) is 16.0 Å². The van der Waals surface area contributed by atoms with Crippen LogP contribution in [0.3, 0.4) is 0 Å². The van der Waals surface area contributed by atoms with Crippen molar-refractivity contribution in [3.8, 4) is 0 Å². The van der Waals surface area contributed by atoms with Gasteiger partial charge < -0.3 is 5.32 Å². The largest absolute Gasteiger partial charge is 0.381 e. The Labute approximate surface area is 121 Å². The first kappa shape index (κ1) is 14.3. The van der Waals surface area contributed by atoms with E-state index in [0.29, 0.717) is 11.6 Å². The third-order valence-corrected chi connectivity index (χ3v) is 4.73. The number of hydrogen-bond donors (Lipinski definition) is 1. The summed E-state index contributed by atoms with van der Waals surface area (Å²) >= 11 is 3.43. The number of aryl methyl sites for hydroxylation is 1. The van der Waals surface area contributed by atoms with Gasteiger partial charge in [0.05, 0.1) is 4.92 Å². The summed E-state index contributed by atoms with van der Waals surface area (Å²) in [4.78, 5) is 10.6. The topological polar surface area (TPSA) is 55.2 Å². The third kappa shape index (κ3) is 2.91. The smallest absolute Gasteiger partial charge is 0.273 e. The molecule has 0 bridgehead atoms. The van der Waals surface area contributed by atoms with Crippen molar-refractivity contribution in [2.45, 2.75) is 46.1 Å². The maximum absolute atomic E-state index is 10.9. The molecule has 0 aliphatic heterocycles. The second kappa shape index (κ2) is 5.12. The molecule has 0 spiro atoms. The Morgan fingerprint density at radius 1 is 1.47 bits per heavy atom. The summed E-state index contributed by atoms with van der Waals surface area (Å²) in [5.41, 5.74) is 2.06. The van der Waals surface area contributed by atoms with Crippen molar-refractivity contribution in [2.75, 3.05) is 5.32 Å². The molecule has 104 valence electrons. The minimum Gasteiger partial charge on any atom is -0.381 e. The number of hydrogen-bond acceptors (Lipinski definition) is 3. The van der Waals surface area contributed by atoms with Crippen molar-refractivity contribution < 1.29 is 4.92 Å². The monoisotopic (exact) mass is 326 g/mol. The second-order valence-corrected chi connectivity index (χ2v) is 6.81. The summed E-state index contributed by atoms with van der Waals surface area (Å²) in [6.07, 6.45) is 3.60. The first-order valence-electron chi connectivity index (χ1n) is 6.52. The van der Waals surface area contributed by atoms with Gasteiger partial charge in [-0.2, -0.15) is 0 Å². The van der Waals surface area contributed by atoms with Crippen LogP contribution < -0.4 is 5.32 Å². The number of rotatable bonds is 3. The number of halogens is 1. The lowest BCUT2D eigenvalue weighted by Gasteiger charge is -2.29. The van der Waals surface area contributed by atoms with E-state index < -0.39 is 0 Å². The summed E-state index contributed by atoms with van der Waals surface area (Å²) in [5.74, 6) is 0. The van der Waals surface area contributed by atoms with E-state index in [0.717, 1.165) is 16.6 Å². The standard InChI is InChI=1S/C14H19BrN2O2/c1-9-7-11(10(15)8-12(9)17(18)19)16-13-5-4-6-14(13,2)3/h7-8,13,16H,4-6H2,1-3H3. The Balaban J connectivity index is 2.27. The van der Waals surface area contributed by atoms with E-state index in [9.17, 15) is 10.1 Å². The SMILES string of the molecule is Cc1cc(NC2CCCC2(C)C)c(Br)cc1[N+](=O)[O-]. The Morgan fingerprint density at radius 3 is 2.68 bits per heavy atom. The first-order chi connectivity index (χ1) is 8.81. The fourth-order valence-electron chi connectivity index (χ4n) is 2.76. The molecular weight excluding hydrogens is 308 g/mol. The molecule has 0 radical (unpaired) electrons. The highest BCUT2D eigenvalue weighted by molar-refractivity contribution is 9.10. The molecule has 1 atom stereocenters. The van der Waals surface area contributed by atoms with E-state index in [1.54, 1.807) is 13.0 Å². The Kier molecular flexibility index (Phi) is 3.85. The molecule has 0 saturated heterocycles. The first-order valence-corrected chi connectivity index (χ1v) is 7.31. The Morgan fingerprint density at radius 2 is 2.16 bits per heavy atom. The lowest BCUT2D eigenvalue weighted by Crippen LogP contribution is -2.30. The van der Waals surface area contributed by atoms with E-state index in [1.165, 1.54) is 12.8 Å². The van der Waals surface area contributed by atoms with Crippen LogP contribution in [0.5, 0.6) is 0 Å². The van der Waals surface area contributed by atoms with Gasteiger partial charge in [0.25, 0.3) is 5.69 Å². The quantitative estimate of drug-likeness (QED) is 0.649. The number of nitrogens with one attached hydrogen (secondary N) is 1. The zero-order valence-corrected chi connectivity index (χ0v) is 13.1. The molecule has 2 rings (SSSR count). The lowest BCUT2D eigenvalue weighted by atomic mass is 9.87. The molecule has 0 amide bonds. The lowest BCUT2D eigenvalue weighted by molar-refractivity contribution is -0.385. The number of benzene rings is 1. The second-order valence-electron chi connectivity index (χ2n) is 5.95. The number of nitro benzene ring substituents is 1. The molecule has 5 heteroatoms. The molecule has 1 aromatic carbocycles. The van der Waals surface area contributed by atoms with E-state index in [1.807, 2.05) is 6.07 Å². The maximum atomic E-state index is 10.9. The van der Waals surface area contributed by atoms with Crippen molar-refractivity contribution >= 4 is 27.3 Å². The summed E-state index contributed by atoms with van der Waals surface area (Å²) in [6, 6.07) is 3.86. The zero-order valence-electron chi connectivity index (χ0n) is 11.5. The van der Waals surface area contributed by atoms with Crippen molar-refractivity contribution in [2.24, 2.45) is 5.41 Å². The average molecular weight is 327 g/mol. The number of nitro groups is 1. The minimum absolute atomic E-state index is 0.156. The van der Waals surface area contributed by atoms with Crippen LogP contribution in [0.15, 0.2) is 16.6 Å². The predicted octanol–water partition coefficient (Wildman–Crippen LogP) is 4.66. The molecule has 1 aliphatic carbocycles. The normalized spacial score (nSPS) is 21.4. The molecule has 1 aliphatic rings. The molecule has 19 heavy (non-hydrogen) atoms. The average Bonchev–Trinajstić information content (AvgIpc) is 2.62. The van der Waals surface area contributed by atoms with Crippen molar-refractivity contribution in [3.05, 3.63) is 32.3 Å². The molecule has 4 nitrogen and oxygen atoms in total. The van der Waals surface area contributed by atoms with Gasteiger partial charge in [-0.1, -0.05) is 20.3 Å². The maximum Gasteiger partial charge on any atom is 0.273 e. The van der Waals surface area contributed by atoms with Crippen LogP contribution in [0.1, 0.15) is 38.7 Å². The van der Waals surface area contributed by atoms with E-state index in [2.05, 4.69) is 35.1 Å². The molecule has 1 fully saturated rings. The van der Waals surface area contributed by atoms with Crippen LogP contribution in [-0.4, -0.2) is 11.0 Å². The molecule has 1 unspecified atom stereocenters. The van der Waals surface area contributed by atoms with Crippen LogP contribution in [0, 0.1) is 22.5 Å². The highest BCUT2D eigenvalue weighted by atomic mass is 79.9. The molecule has 0 heterocycles. The van der Waals surface area contributed by atoms with Gasteiger partial charge in [0, 0.05) is 27.8 Å². The van der Waals surface area contributed by atoms with Crippen LogP contribution >= 0.6 is 15.9 Å². The molecule has 0 aromatic heterocycles. The van der Waals surface area contributed by atoms with Crippen molar-refractivity contribution in [1.82, 2.24) is 0 Å². The minimum atomic E-state index is -0.344. The Bertz CT molecular complexity index is 514. The number of nitrogens with zero attached hydrogens (tertiary/aromatic N) is 1. The van der Waals surface area contributed by atoms with Crippen LogP contribution in [-0.2, 0) is 0 Å². The van der Waals surface area contributed by atoms with E-state index in [4.69, 9.17) is 0 Å². The molecule has 1 aromatic rings.